The third kappa shape index (κ3) is 6.04. The van der Waals surface area contributed by atoms with Gasteiger partial charge in [-0.05, 0) is 44.5 Å². The van der Waals surface area contributed by atoms with Crippen LogP contribution in [0.2, 0.25) is 0 Å². The van der Waals surface area contributed by atoms with Crippen molar-refractivity contribution in [1.82, 2.24) is 0 Å². The lowest BCUT2D eigenvalue weighted by Gasteiger charge is -2.20. The van der Waals surface area contributed by atoms with E-state index in [0.29, 0.717) is 25.4 Å². The maximum Gasteiger partial charge on any atom is 0.337 e. The van der Waals surface area contributed by atoms with Crippen molar-refractivity contribution < 1.29 is 23.7 Å². The molecule has 0 heterocycles. The fourth-order valence-corrected chi connectivity index (χ4v) is 2.43. The summed E-state index contributed by atoms with van der Waals surface area (Å²) in [5.41, 5.74) is 1.36. The van der Waals surface area contributed by atoms with E-state index in [1.165, 1.54) is 7.11 Å². The first-order valence-corrected chi connectivity index (χ1v) is 8.04. The van der Waals surface area contributed by atoms with E-state index in [1.807, 2.05) is 26.8 Å². The molecule has 0 radical (unpaired) electrons. The van der Waals surface area contributed by atoms with Crippen LogP contribution in [0.25, 0.3) is 0 Å². The van der Waals surface area contributed by atoms with E-state index in [0.717, 1.165) is 10.0 Å². The van der Waals surface area contributed by atoms with Gasteiger partial charge >= 0.3 is 5.97 Å². The molecule has 5 nitrogen and oxygen atoms in total. The molecule has 6 heteroatoms. The van der Waals surface area contributed by atoms with E-state index in [2.05, 4.69) is 15.9 Å². The molecular formula is C16H23BrO5. The fourth-order valence-electron chi connectivity index (χ4n) is 1.92. The lowest BCUT2D eigenvalue weighted by molar-refractivity contribution is -0.175. The molecule has 0 aliphatic rings. The molecule has 0 saturated carbocycles. The first kappa shape index (κ1) is 19.1. The molecule has 0 saturated heterocycles. The zero-order chi connectivity index (χ0) is 16.5. The number of hydrogen-bond acceptors (Lipinski definition) is 5. The van der Waals surface area contributed by atoms with Crippen LogP contribution in [0.15, 0.2) is 22.7 Å². The average molecular weight is 375 g/mol. The highest BCUT2D eigenvalue weighted by Crippen LogP contribution is 2.24. The molecule has 0 aromatic heterocycles. The molecule has 0 spiro atoms. The first-order valence-electron chi connectivity index (χ1n) is 7.25. The molecule has 1 atom stereocenters. The van der Waals surface area contributed by atoms with Crippen LogP contribution in [-0.2, 0) is 18.9 Å². The van der Waals surface area contributed by atoms with Gasteiger partial charge in [-0.2, -0.15) is 0 Å². The summed E-state index contributed by atoms with van der Waals surface area (Å²) >= 11 is 3.40. The molecule has 1 rings (SSSR count). The Morgan fingerprint density at radius 1 is 1.14 bits per heavy atom. The van der Waals surface area contributed by atoms with Crippen molar-refractivity contribution in [3.63, 3.8) is 0 Å². The van der Waals surface area contributed by atoms with Crippen molar-refractivity contribution in [2.45, 2.75) is 33.2 Å². The molecule has 0 bridgehead atoms. The summed E-state index contributed by atoms with van der Waals surface area (Å²) in [6.07, 6.45) is -0.589. The minimum atomic E-state index is -0.385. The second-order valence-electron chi connectivity index (χ2n) is 4.58. The SMILES string of the molecule is CCOC(COC(C)c1cc(Br)cc(C(=O)OC)c1)OCC. The maximum atomic E-state index is 11.7. The van der Waals surface area contributed by atoms with E-state index in [1.54, 1.807) is 12.1 Å². The van der Waals surface area contributed by atoms with E-state index in [4.69, 9.17) is 18.9 Å². The number of carbonyl (C=O) groups is 1. The van der Waals surface area contributed by atoms with Crippen molar-refractivity contribution >= 4 is 21.9 Å². The van der Waals surface area contributed by atoms with Crippen molar-refractivity contribution in [2.75, 3.05) is 26.9 Å². The number of hydrogen-bond donors (Lipinski definition) is 0. The summed E-state index contributed by atoms with van der Waals surface area (Å²) in [7, 11) is 1.36. The van der Waals surface area contributed by atoms with Gasteiger partial charge < -0.3 is 18.9 Å². The Bertz CT molecular complexity index is 472. The Kier molecular flexibility index (Phi) is 8.63. The Morgan fingerprint density at radius 2 is 1.77 bits per heavy atom. The molecule has 1 unspecified atom stereocenters. The zero-order valence-electron chi connectivity index (χ0n) is 13.4. The van der Waals surface area contributed by atoms with Crippen molar-refractivity contribution in [3.05, 3.63) is 33.8 Å². The van der Waals surface area contributed by atoms with Gasteiger partial charge in [-0.15, -0.1) is 0 Å². The summed E-state index contributed by atoms with van der Waals surface area (Å²) in [6, 6.07) is 5.39. The Morgan fingerprint density at radius 3 is 2.32 bits per heavy atom. The Hall–Kier alpha value is -0.950. The smallest absolute Gasteiger partial charge is 0.337 e. The van der Waals surface area contributed by atoms with Crippen LogP contribution in [0.5, 0.6) is 0 Å². The lowest BCUT2D eigenvalue weighted by atomic mass is 10.1. The number of rotatable bonds is 9. The van der Waals surface area contributed by atoms with Gasteiger partial charge in [0.1, 0.15) is 0 Å². The van der Waals surface area contributed by atoms with E-state index < -0.39 is 0 Å². The highest BCUT2D eigenvalue weighted by atomic mass is 79.9. The number of halogens is 1. The van der Waals surface area contributed by atoms with Crippen LogP contribution in [0.4, 0.5) is 0 Å². The van der Waals surface area contributed by atoms with E-state index >= 15 is 0 Å². The number of methoxy groups -OCH3 is 1. The average Bonchev–Trinajstić information content (AvgIpc) is 2.51. The third-order valence-electron chi connectivity index (χ3n) is 3.00. The van der Waals surface area contributed by atoms with Gasteiger partial charge in [0.25, 0.3) is 0 Å². The Balaban J connectivity index is 2.73. The molecule has 0 N–H and O–H groups in total. The second-order valence-corrected chi connectivity index (χ2v) is 5.50. The van der Waals surface area contributed by atoms with Crippen LogP contribution in [0.1, 0.15) is 42.8 Å². The predicted octanol–water partition coefficient (Wildman–Crippen LogP) is 3.71. The van der Waals surface area contributed by atoms with Crippen molar-refractivity contribution in [1.29, 1.82) is 0 Å². The van der Waals surface area contributed by atoms with Crippen LogP contribution >= 0.6 is 15.9 Å². The minimum Gasteiger partial charge on any atom is -0.465 e. The van der Waals surface area contributed by atoms with Crippen LogP contribution < -0.4 is 0 Å². The quantitative estimate of drug-likeness (QED) is 0.487. The number of benzene rings is 1. The number of carbonyl (C=O) groups excluding carboxylic acids is 1. The van der Waals surface area contributed by atoms with Crippen molar-refractivity contribution in [2.24, 2.45) is 0 Å². The first-order chi connectivity index (χ1) is 10.5. The lowest BCUT2D eigenvalue weighted by Crippen LogP contribution is -2.24. The highest BCUT2D eigenvalue weighted by Gasteiger charge is 2.15. The molecule has 1 aromatic carbocycles. The van der Waals surface area contributed by atoms with Gasteiger partial charge in [-0.1, -0.05) is 15.9 Å². The predicted molar refractivity (Wildman–Crippen MR) is 86.9 cm³/mol. The summed E-state index contributed by atoms with van der Waals surface area (Å²) in [5.74, 6) is -0.378. The molecule has 124 valence electrons. The van der Waals surface area contributed by atoms with E-state index in [-0.39, 0.29) is 18.4 Å². The zero-order valence-corrected chi connectivity index (χ0v) is 15.0. The normalized spacial score (nSPS) is 12.5. The van der Waals surface area contributed by atoms with Gasteiger partial charge in [-0.25, -0.2) is 4.79 Å². The van der Waals surface area contributed by atoms with E-state index in [9.17, 15) is 4.79 Å². The summed E-state index contributed by atoms with van der Waals surface area (Å²) in [6.45, 7) is 7.18. The minimum absolute atomic E-state index is 0.204. The molecule has 0 aliphatic carbocycles. The highest BCUT2D eigenvalue weighted by molar-refractivity contribution is 9.10. The summed E-state index contributed by atoms with van der Waals surface area (Å²) in [4.78, 5) is 11.7. The topological polar surface area (TPSA) is 54.0 Å². The molecule has 0 amide bonds. The third-order valence-corrected chi connectivity index (χ3v) is 3.46. The second kappa shape index (κ2) is 9.94. The van der Waals surface area contributed by atoms with Gasteiger partial charge in [0.15, 0.2) is 6.29 Å². The molecular weight excluding hydrogens is 352 g/mol. The van der Waals surface area contributed by atoms with Gasteiger partial charge in [0, 0.05) is 17.7 Å². The summed E-state index contributed by atoms with van der Waals surface area (Å²) in [5, 5.41) is 0. The van der Waals surface area contributed by atoms with Gasteiger partial charge in [0.05, 0.1) is 25.4 Å². The number of ether oxygens (including phenoxy) is 4. The van der Waals surface area contributed by atoms with Crippen LogP contribution in [0, 0.1) is 0 Å². The Labute approximate surface area is 140 Å². The van der Waals surface area contributed by atoms with Crippen molar-refractivity contribution in [3.8, 4) is 0 Å². The van der Waals surface area contributed by atoms with Gasteiger partial charge in [0.2, 0.25) is 0 Å². The molecule has 1 aromatic rings. The van der Waals surface area contributed by atoms with Crippen LogP contribution in [0.3, 0.4) is 0 Å². The van der Waals surface area contributed by atoms with Gasteiger partial charge in [-0.3, -0.25) is 0 Å². The molecule has 0 fully saturated rings. The monoisotopic (exact) mass is 374 g/mol. The summed E-state index contributed by atoms with van der Waals surface area (Å²) < 4.78 is 22.2. The number of esters is 1. The maximum absolute atomic E-state index is 11.7. The largest absolute Gasteiger partial charge is 0.465 e. The molecule has 0 aliphatic heterocycles. The standard InChI is InChI=1S/C16H23BrO5/c1-5-20-15(21-6-2)10-22-11(3)12-7-13(16(18)19-4)9-14(17)8-12/h7-9,11,15H,5-6,10H2,1-4H3. The fraction of sp³-hybridized carbons (Fsp3) is 0.562. The van der Waals surface area contributed by atoms with Crippen LogP contribution in [-0.4, -0.2) is 39.2 Å². The molecule has 22 heavy (non-hydrogen) atoms.